The fourth-order valence-electron chi connectivity index (χ4n) is 2.79. The summed E-state index contributed by atoms with van der Waals surface area (Å²) in [6.07, 6.45) is 0. The third-order valence-electron chi connectivity index (χ3n) is 3.71. The summed E-state index contributed by atoms with van der Waals surface area (Å²) in [7, 11) is 1.67. The van der Waals surface area contributed by atoms with E-state index in [4.69, 9.17) is 16.2 Å². The third-order valence-corrected chi connectivity index (χ3v) is 4.56. The molecule has 0 bridgehead atoms. The average Bonchev–Trinajstić information content (AvgIpc) is 2.79. The number of methoxy groups -OCH3 is 1. The molecule has 0 amide bonds. The first kappa shape index (κ1) is 18.3. The zero-order chi connectivity index (χ0) is 17.9. The van der Waals surface area contributed by atoms with Crippen LogP contribution < -0.4 is 11.5 Å². The molecule has 7 nitrogen and oxygen atoms in total. The highest BCUT2D eigenvalue weighted by atomic mass is 32.2. The summed E-state index contributed by atoms with van der Waals surface area (Å²) in [6, 6.07) is 3.57. The van der Waals surface area contributed by atoms with Crippen molar-refractivity contribution in [1.29, 1.82) is 0 Å². The molecule has 2 aromatic heterocycles. The number of nitrogens with zero attached hydrogens (tertiary/aromatic N) is 3. The van der Waals surface area contributed by atoms with Crippen LogP contribution in [0.2, 0.25) is 0 Å². The molecule has 130 valence electrons. The van der Waals surface area contributed by atoms with Crippen molar-refractivity contribution >= 4 is 29.2 Å². The summed E-state index contributed by atoms with van der Waals surface area (Å²) in [5, 5.41) is 0.405. The van der Waals surface area contributed by atoms with Gasteiger partial charge in [-0.15, -0.1) is 0 Å². The lowest BCUT2D eigenvalue weighted by molar-refractivity contribution is 0.102. The van der Waals surface area contributed by atoms with Gasteiger partial charge >= 0.3 is 0 Å². The molecule has 0 aliphatic rings. The van der Waals surface area contributed by atoms with E-state index in [1.807, 2.05) is 19.9 Å². The van der Waals surface area contributed by atoms with E-state index in [1.54, 1.807) is 7.11 Å². The van der Waals surface area contributed by atoms with Gasteiger partial charge in [-0.2, -0.15) is 0 Å². The molecule has 2 rings (SSSR count). The molecule has 0 aliphatic heterocycles. The Morgan fingerprint density at radius 3 is 2.50 bits per heavy atom. The molecule has 2 heterocycles. The Bertz CT molecular complexity index is 724. The molecular formula is C16H23N5O2S. The topological polar surface area (TPSA) is 109 Å². The molecular weight excluding hydrogens is 326 g/mol. The molecule has 0 saturated carbocycles. The van der Waals surface area contributed by atoms with Crippen molar-refractivity contribution in [2.24, 2.45) is 0 Å². The minimum Gasteiger partial charge on any atom is -0.383 e. The van der Waals surface area contributed by atoms with E-state index >= 15 is 0 Å². The van der Waals surface area contributed by atoms with E-state index < -0.39 is 0 Å². The van der Waals surface area contributed by atoms with Crippen LogP contribution in [-0.2, 0) is 4.74 Å². The SMILES string of the molecule is COC[C@@H](C)n1c(C)cc(C(=O)CSc2nc(N)cc(N)n2)c1C. The number of rotatable bonds is 7. The highest BCUT2D eigenvalue weighted by Gasteiger charge is 2.19. The molecule has 4 N–H and O–H groups in total. The van der Waals surface area contributed by atoms with Gasteiger partial charge in [-0.1, -0.05) is 11.8 Å². The van der Waals surface area contributed by atoms with Crippen LogP contribution in [0.1, 0.15) is 34.7 Å². The number of ketones is 1. The first-order valence-corrected chi connectivity index (χ1v) is 8.55. The molecule has 0 saturated heterocycles. The van der Waals surface area contributed by atoms with Crippen LogP contribution in [0.5, 0.6) is 0 Å². The Morgan fingerprint density at radius 2 is 1.92 bits per heavy atom. The van der Waals surface area contributed by atoms with E-state index in [0.29, 0.717) is 29.0 Å². The molecule has 24 heavy (non-hydrogen) atoms. The van der Waals surface area contributed by atoms with Gasteiger partial charge in [-0.25, -0.2) is 9.97 Å². The van der Waals surface area contributed by atoms with Gasteiger partial charge in [-0.05, 0) is 26.8 Å². The quantitative estimate of drug-likeness (QED) is 0.448. The Labute approximate surface area is 145 Å². The maximum Gasteiger partial charge on any atom is 0.191 e. The lowest BCUT2D eigenvalue weighted by Gasteiger charge is -2.17. The third kappa shape index (κ3) is 4.07. The number of aromatic nitrogens is 3. The summed E-state index contributed by atoms with van der Waals surface area (Å²) in [6.45, 7) is 6.60. The predicted molar refractivity (Wildman–Crippen MR) is 96.4 cm³/mol. The van der Waals surface area contributed by atoms with Crippen molar-refractivity contribution in [2.45, 2.75) is 32.0 Å². The van der Waals surface area contributed by atoms with Crippen LogP contribution in [0.15, 0.2) is 17.3 Å². The Morgan fingerprint density at radius 1 is 1.29 bits per heavy atom. The molecule has 1 atom stereocenters. The largest absolute Gasteiger partial charge is 0.383 e. The number of hydrogen-bond acceptors (Lipinski definition) is 7. The summed E-state index contributed by atoms with van der Waals surface area (Å²) in [4.78, 5) is 20.7. The van der Waals surface area contributed by atoms with Crippen molar-refractivity contribution in [3.63, 3.8) is 0 Å². The van der Waals surface area contributed by atoms with E-state index in [0.717, 1.165) is 11.4 Å². The number of thioether (sulfide) groups is 1. The van der Waals surface area contributed by atoms with Gasteiger partial charge in [0.2, 0.25) is 0 Å². The molecule has 0 aromatic carbocycles. The molecule has 2 aromatic rings. The summed E-state index contributed by atoms with van der Waals surface area (Å²) >= 11 is 1.23. The first-order valence-electron chi connectivity index (χ1n) is 7.56. The van der Waals surface area contributed by atoms with Gasteiger partial charge in [0.05, 0.1) is 18.4 Å². The van der Waals surface area contributed by atoms with Crippen LogP contribution in [0.3, 0.4) is 0 Å². The van der Waals surface area contributed by atoms with Crippen molar-refractivity contribution in [1.82, 2.24) is 14.5 Å². The van der Waals surface area contributed by atoms with E-state index in [2.05, 4.69) is 21.5 Å². The molecule has 8 heteroatoms. The number of nitrogen functional groups attached to an aromatic ring is 2. The second-order valence-corrected chi connectivity index (χ2v) is 6.61. The molecule has 0 spiro atoms. The molecule has 0 fully saturated rings. The first-order chi connectivity index (χ1) is 11.3. The standard InChI is InChI=1S/C16H23N5O2S/c1-9-5-12(11(3)21(9)10(2)7-23-4)13(22)8-24-16-19-14(17)6-15(18)20-16/h5-6,10H,7-8H2,1-4H3,(H4,17,18,19,20)/t10-/m1/s1. The number of aryl methyl sites for hydroxylation is 1. The van der Waals surface area contributed by atoms with Gasteiger partial charge in [0.1, 0.15) is 11.6 Å². The Kier molecular flexibility index (Phi) is 5.84. The smallest absolute Gasteiger partial charge is 0.191 e. The van der Waals surface area contributed by atoms with E-state index in [1.165, 1.54) is 17.8 Å². The summed E-state index contributed by atoms with van der Waals surface area (Å²) in [5.74, 6) is 0.841. The zero-order valence-corrected chi connectivity index (χ0v) is 15.2. The van der Waals surface area contributed by atoms with Crippen molar-refractivity contribution in [2.75, 3.05) is 30.9 Å². The van der Waals surface area contributed by atoms with Gasteiger partial charge in [0, 0.05) is 30.1 Å². The Hall–Kier alpha value is -2.06. The lowest BCUT2D eigenvalue weighted by Crippen LogP contribution is -2.14. The highest BCUT2D eigenvalue weighted by molar-refractivity contribution is 7.99. The predicted octanol–water partition coefficient (Wildman–Crippen LogP) is 2.24. The van der Waals surface area contributed by atoms with Gasteiger partial charge in [0.25, 0.3) is 0 Å². The minimum absolute atomic E-state index is 0.0218. The van der Waals surface area contributed by atoms with Gasteiger partial charge < -0.3 is 20.8 Å². The van der Waals surface area contributed by atoms with Crippen molar-refractivity contribution < 1.29 is 9.53 Å². The van der Waals surface area contributed by atoms with Gasteiger partial charge in [-0.3, -0.25) is 4.79 Å². The maximum atomic E-state index is 12.6. The molecule has 0 radical (unpaired) electrons. The number of nitrogens with two attached hydrogens (primary N) is 2. The zero-order valence-electron chi connectivity index (χ0n) is 14.4. The van der Waals surface area contributed by atoms with E-state index in [-0.39, 0.29) is 17.6 Å². The number of Topliss-reactive ketones (excluding diaryl/α,β-unsaturated/α-hetero) is 1. The average molecular weight is 349 g/mol. The minimum atomic E-state index is 0.0218. The van der Waals surface area contributed by atoms with Crippen LogP contribution >= 0.6 is 11.8 Å². The fraction of sp³-hybridized carbons (Fsp3) is 0.438. The van der Waals surface area contributed by atoms with Crippen LogP contribution in [-0.4, -0.2) is 39.8 Å². The fourth-order valence-corrected chi connectivity index (χ4v) is 3.54. The van der Waals surface area contributed by atoms with Crippen LogP contribution in [0.4, 0.5) is 11.6 Å². The van der Waals surface area contributed by atoms with Crippen molar-refractivity contribution in [3.8, 4) is 0 Å². The summed E-state index contributed by atoms with van der Waals surface area (Å²) in [5.41, 5.74) is 14.0. The lowest BCUT2D eigenvalue weighted by atomic mass is 10.2. The maximum absolute atomic E-state index is 12.6. The normalized spacial score (nSPS) is 12.3. The second-order valence-electron chi connectivity index (χ2n) is 5.67. The summed E-state index contributed by atoms with van der Waals surface area (Å²) < 4.78 is 7.34. The number of carbonyl (C=O) groups excluding carboxylic acids is 1. The Balaban J connectivity index is 2.14. The highest BCUT2D eigenvalue weighted by Crippen LogP contribution is 2.24. The monoisotopic (exact) mass is 349 g/mol. The second kappa shape index (κ2) is 7.67. The number of anilines is 2. The van der Waals surface area contributed by atoms with E-state index in [9.17, 15) is 4.79 Å². The van der Waals surface area contributed by atoms with Crippen LogP contribution in [0, 0.1) is 13.8 Å². The van der Waals surface area contributed by atoms with Crippen molar-refractivity contribution in [3.05, 3.63) is 29.1 Å². The molecule has 0 aliphatic carbocycles. The molecule has 0 unspecified atom stereocenters. The number of hydrogen-bond donors (Lipinski definition) is 2. The number of carbonyl (C=O) groups is 1. The number of ether oxygens (including phenoxy) is 1. The van der Waals surface area contributed by atoms with Crippen LogP contribution in [0.25, 0.3) is 0 Å². The van der Waals surface area contributed by atoms with Gasteiger partial charge in [0.15, 0.2) is 10.9 Å².